The van der Waals surface area contributed by atoms with Crippen molar-refractivity contribution < 1.29 is 4.79 Å². The number of halogens is 1. The van der Waals surface area contributed by atoms with Gasteiger partial charge < -0.3 is 10.6 Å². The van der Waals surface area contributed by atoms with Gasteiger partial charge in [-0.1, -0.05) is 6.07 Å². The molecule has 0 aliphatic carbocycles. The number of hydrogen-bond acceptors (Lipinski definition) is 4. The van der Waals surface area contributed by atoms with Crippen molar-refractivity contribution in [3.05, 3.63) is 41.3 Å². The summed E-state index contributed by atoms with van der Waals surface area (Å²) in [4.78, 5) is 16.2. The summed E-state index contributed by atoms with van der Waals surface area (Å²) in [6.45, 7) is 6.03. The zero-order chi connectivity index (χ0) is 14.8. The molecule has 0 unspecified atom stereocenters. The van der Waals surface area contributed by atoms with Gasteiger partial charge in [0.15, 0.2) is 5.82 Å². The summed E-state index contributed by atoms with van der Waals surface area (Å²) in [6.07, 6.45) is 1.78. The zero-order valence-corrected chi connectivity index (χ0v) is 13.5. The molecule has 118 valence electrons. The summed E-state index contributed by atoms with van der Waals surface area (Å²) >= 11 is 0. The Kier molecular flexibility index (Phi) is 5.15. The van der Waals surface area contributed by atoms with Gasteiger partial charge in [-0.05, 0) is 31.5 Å². The quantitative estimate of drug-likeness (QED) is 0.886. The molecular formula is C15H20ClN5O. The molecule has 22 heavy (non-hydrogen) atoms. The van der Waals surface area contributed by atoms with Crippen molar-refractivity contribution in [2.24, 2.45) is 5.92 Å². The first-order valence-corrected chi connectivity index (χ1v) is 7.10. The van der Waals surface area contributed by atoms with Crippen LogP contribution in [0.3, 0.4) is 0 Å². The van der Waals surface area contributed by atoms with Crippen molar-refractivity contribution in [1.82, 2.24) is 25.4 Å². The average Bonchev–Trinajstić information content (AvgIpc) is 2.74. The Bertz CT molecular complexity index is 648. The van der Waals surface area contributed by atoms with E-state index in [1.807, 2.05) is 36.7 Å². The van der Waals surface area contributed by atoms with Crippen LogP contribution in [-0.4, -0.2) is 33.8 Å². The van der Waals surface area contributed by atoms with Crippen LogP contribution in [0.15, 0.2) is 24.4 Å². The van der Waals surface area contributed by atoms with Crippen LogP contribution in [0.25, 0.3) is 5.82 Å². The lowest BCUT2D eigenvalue weighted by Crippen LogP contribution is -2.50. The molecule has 6 nitrogen and oxygen atoms in total. The molecule has 0 bridgehead atoms. The first-order valence-electron chi connectivity index (χ1n) is 7.10. The predicted octanol–water partition coefficient (Wildman–Crippen LogP) is 1.14. The molecule has 3 heterocycles. The Hall–Kier alpha value is -1.92. The highest BCUT2D eigenvalue weighted by atomic mass is 35.5. The van der Waals surface area contributed by atoms with Crippen molar-refractivity contribution in [3.63, 3.8) is 0 Å². The van der Waals surface area contributed by atoms with Gasteiger partial charge in [0.25, 0.3) is 0 Å². The molecule has 0 spiro atoms. The molecule has 2 N–H and O–H groups in total. The van der Waals surface area contributed by atoms with Crippen LogP contribution in [0.5, 0.6) is 0 Å². The Morgan fingerprint density at radius 3 is 2.68 bits per heavy atom. The van der Waals surface area contributed by atoms with E-state index in [1.165, 1.54) is 0 Å². The molecule has 2 aromatic heterocycles. The first kappa shape index (κ1) is 16.5. The van der Waals surface area contributed by atoms with Gasteiger partial charge in [0.2, 0.25) is 5.91 Å². The smallest absolute Gasteiger partial charge is 0.225 e. The summed E-state index contributed by atoms with van der Waals surface area (Å²) < 4.78 is 1.82. The maximum atomic E-state index is 11.7. The fourth-order valence-electron chi connectivity index (χ4n) is 2.31. The SMILES string of the molecule is Cc1cc(C)n(-c2ccc(CNC(=O)C3CNC3)cn2)n1.Cl. The van der Waals surface area contributed by atoms with Gasteiger partial charge in [-0.2, -0.15) is 5.10 Å². The maximum Gasteiger partial charge on any atom is 0.225 e. The van der Waals surface area contributed by atoms with Crippen LogP contribution in [0.4, 0.5) is 0 Å². The Balaban J connectivity index is 0.00000176. The van der Waals surface area contributed by atoms with Gasteiger partial charge >= 0.3 is 0 Å². The van der Waals surface area contributed by atoms with E-state index in [9.17, 15) is 4.79 Å². The molecule has 1 amide bonds. The van der Waals surface area contributed by atoms with Crippen LogP contribution in [-0.2, 0) is 11.3 Å². The maximum absolute atomic E-state index is 11.7. The van der Waals surface area contributed by atoms with Crippen LogP contribution in [0.1, 0.15) is 17.0 Å². The summed E-state index contributed by atoms with van der Waals surface area (Å²) in [5.74, 6) is 1.02. The van der Waals surface area contributed by atoms with Gasteiger partial charge in [0.1, 0.15) is 0 Å². The monoisotopic (exact) mass is 321 g/mol. The van der Waals surface area contributed by atoms with Gasteiger partial charge in [-0.3, -0.25) is 4.79 Å². The molecule has 1 saturated heterocycles. The van der Waals surface area contributed by atoms with E-state index in [-0.39, 0.29) is 24.2 Å². The van der Waals surface area contributed by atoms with Crippen LogP contribution < -0.4 is 10.6 Å². The van der Waals surface area contributed by atoms with Crippen molar-refractivity contribution in [2.75, 3.05) is 13.1 Å². The fraction of sp³-hybridized carbons (Fsp3) is 0.400. The van der Waals surface area contributed by atoms with E-state index < -0.39 is 0 Å². The van der Waals surface area contributed by atoms with Crippen molar-refractivity contribution in [1.29, 1.82) is 0 Å². The fourth-order valence-corrected chi connectivity index (χ4v) is 2.31. The molecule has 7 heteroatoms. The predicted molar refractivity (Wildman–Crippen MR) is 86.3 cm³/mol. The van der Waals surface area contributed by atoms with Gasteiger partial charge in [-0.15, -0.1) is 12.4 Å². The minimum absolute atomic E-state index is 0. The Morgan fingerprint density at radius 2 is 2.18 bits per heavy atom. The molecule has 0 radical (unpaired) electrons. The summed E-state index contributed by atoms with van der Waals surface area (Å²) in [6, 6.07) is 5.91. The second-order valence-corrected chi connectivity index (χ2v) is 5.44. The molecule has 1 fully saturated rings. The number of carbonyl (C=O) groups is 1. The molecule has 1 aliphatic heterocycles. The Morgan fingerprint density at radius 1 is 1.41 bits per heavy atom. The van der Waals surface area contributed by atoms with Crippen molar-refractivity contribution in [2.45, 2.75) is 20.4 Å². The number of pyridine rings is 1. The second-order valence-electron chi connectivity index (χ2n) is 5.44. The third-order valence-electron chi connectivity index (χ3n) is 3.65. The average molecular weight is 322 g/mol. The van der Waals surface area contributed by atoms with Crippen molar-refractivity contribution >= 4 is 18.3 Å². The van der Waals surface area contributed by atoms with E-state index >= 15 is 0 Å². The van der Waals surface area contributed by atoms with E-state index in [1.54, 1.807) is 6.20 Å². The molecular weight excluding hydrogens is 302 g/mol. The number of hydrogen-bond donors (Lipinski definition) is 2. The van der Waals surface area contributed by atoms with E-state index in [2.05, 4.69) is 20.7 Å². The minimum Gasteiger partial charge on any atom is -0.352 e. The number of aromatic nitrogens is 3. The highest BCUT2D eigenvalue weighted by Crippen LogP contribution is 2.10. The third kappa shape index (κ3) is 3.45. The van der Waals surface area contributed by atoms with Crippen LogP contribution in [0.2, 0.25) is 0 Å². The third-order valence-corrected chi connectivity index (χ3v) is 3.65. The van der Waals surface area contributed by atoms with E-state index in [0.29, 0.717) is 6.54 Å². The van der Waals surface area contributed by atoms with Crippen molar-refractivity contribution in [3.8, 4) is 5.82 Å². The molecule has 0 aromatic carbocycles. The van der Waals surface area contributed by atoms with E-state index in [0.717, 1.165) is 35.9 Å². The number of amides is 1. The normalized spacial score (nSPS) is 14.1. The highest BCUT2D eigenvalue weighted by molar-refractivity contribution is 5.85. The minimum atomic E-state index is 0. The lowest BCUT2D eigenvalue weighted by molar-refractivity contribution is -0.126. The highest BCUT2D eigenvalue weighted by Gasteiger charge is 2.24. The van der Waals surface area contributed by atoms with Gasteiger partial charge in [0.05, 0.1) is 11.6 Å². The molecule has 2 aromatic rings. The lowest BCUT2D eigenvalue weighted by Gasteiger charge is -2.25. The lowest BCUT2D eigenvalue weighted by atomic mass is 10.0. The number of rotatable bonds is 4. The van der Waals surface area contributed by atoms with Crippen LogP contribution in [0, 0.1) is 19.8 Å². The first-order chi connectivity index (χ1) is 10.1. The summed E-state index contributed by atoms with van der Waals surface area (Å²) in [5, 5.41) is 10.4. The van der Waals surface area contributed by atoms with E-state index in [4.69, 9.17) is 0 Å². The topological polar surface area (TPSA) is 71.8 Å². The summed E-state index contributed by atoms with van der Waals surface area (Å²) in [7, 11) is 0. The number of aryl methyl sites for hydroxylation is 2. The largest absolute Gasteiger partial charge is 0.352 e. The number of nitrogens with one attached hydrogen (secondary N) is 2. The number of nitrogens with zero attached hydrogens (tertiary/aromatic N) is 3. The summed E-state index contributed by atoms with van der Waals surface area (Å²) in [5.41, 5.74) is 3.01. The second kappa shape index (κ2) is 6.89. The Labute approximate surface area is 135 Å². The molecule has 1 aliphatic rings. The molecule has 3 rings (SSSR count). The zero-order valence-electron chi connectivity index (χ0n) is 12.7. The number of carbonyl (C=O) groups excluding carboxylic acids is 1. The van der Waals surface area contributed by atoms with Gasteiger partial charge in [0, 0.05) is 31.5 Å². The van der Waals surface area contributed by atoms with Crippen LogP contribution >= 0.6 is 12.4 Å². The molecule has 0 saturated carbocycles. The van der Waals surface area contributed by atoms with Gasteiger partial charge in [-0.25, -0.2) is 9.67 Å². The molecule has 0 atom stereocenters. The standard InChI is InChI=1S/C15H19N5O.ClH/c1-10-5-11(2)20(19-10)14-4-3-12(6-17-14)7-18-15(21)13-8-16-9-13;/h3-6,13,16H,7-9H2,1-2H3,(H,18,21);1H.